The Morgan fingerprint density at radius 3 is 2.59 bits per heavy atom. The summed E-state index contributed by atoms with van der Waals surface area (Å²) in [6.45, 7) is 8.89. The van der Waals surface area contributed by atoms with Crippen LogP contribution in [-0.2, 0) is 12.0 Å². The monoisotopic (exact) mass is 293 g/mol. The molecule has 0 amide bonds. The highest BCUT2D eigenvalue weighted by molar-refractivity contribution is 9.10. The van der Waals surface area contributed by atoms with Crippen LogP contribution >= 0.6 is 15.9 Å². The smallest absolute Gasteiger partial charge is 0.0435 e. The molecule has 0 N–H and O–H groups in total. The van der Waals surface area contributed by atoms with E-state index in [0.717, 1.165) is 13.1 Å². The largest absolute Gasteiger partial charge is 0.373 e. The van der Waals surface area contributed by atoms with Crippen molar-refractivity contribution in [1.29, 1.82) is 0 Å². The fourth-order valence-electron chi connectivity index (χ4n) is 2.03. The Morgan fingerprint density at radius 2 is 2.06 bits per heavy atom. The van der Waals surface area contributed by atoms with Gasteiger partial charge in [0.05, 0.1) is 0 Å². The molecule has 0 radical (unpaired) electrons. The quantitative estimate of drug-likeness (QED) is 0.778. The number of hydrogen-bond donors (Lipinski definition) is 0. The fourth-order valence-corrected chi connectivity index (χ4v) is 2.54. The van der Waals surface area contributed by atoms with Crippen LogP contribution in [0.2, 0.25) is 0 Å². The van der Waals surface area contributed by atoms with Crippen LogP contribution in [0.5, 0.6) is 0 Å². The molecule has 1 aromatic carbocycles. The molecule has 0 aromatic heterocycles. The predicted octanol–water partition coefficient (Wildman–Crippen LogP) is 4.47. The lowest BCUT2D eigenvalue weighted by Crippen LogP contribution is -2.15. The van der Waals surface area contributed by atoms with Crippen molar-refractivity contribution in [3.63, 3.8) is 0 Å². The van der Waals surface area contributed by atoms with Crippen molar-refractivity contribution in [2.75, 3.05) is 6.54 Å². The van der Waals surface area contributed by atoms with Crippen LogP contribution in [0.4, 0.5) is 0 Å². The highest BCUT2D eigenvalue weighted by Gasteiger charge is 2.15. The Morgan fingerprint density at radius 1 is 1.29 bits per heavy atom. The minimum Gasteiger partial charge on any atom is -0.373 e. The van der Waals surface area contributed by atoms with E-state index >= 15 is 0 Å². The van der Waals surface area contributed by atoms with Gasteiger partial charge in [0.1, 0.15) is 0 Å². The first-order chi connectivity index (χ1) is 7.97. The van der Waals surface area contributed by atoms with Crippen LogP contribution in [0.15, 0.2) is 34.9 Å². The lowest BCUT2D eigenvalue weighted by atomic mass is 9.87. The molecule has 1 aliphatic heterocycles. The first kappa shape index (κ1) is 12.7. The summed E-state index contributed by atoms with van der Waals surface area (Å²) in [6.07, 6.45) is 5.61. The number of halogens is 1. The van der Waals surface area contributed by atoms with Gasteiger partial charge in [-0.25, -0.2) is 0 Å². The van der Waals surface area contributed by atoms with Crippen molar-refractivity contribution < 1.29 is 0 Å². The number of hydrogen-bond acceptors (Lipinski definition) is 1. The van der Waals surface area contributed by atoms with Crippen molar-refractivity contribution >= 4 is 15.9 Å². The van der Waals surface area contributed by atoms with E-state index in [1.165, 1.54) is 22.0 Å². The molecular formula is C15H20BrN. The lowest BCUT2D eigenvalue weighted by molar-refractivity contribution is 0.399. The zero-order valence-electron chi connectivity index (χ0n) is 10.8. The summed E-state index contributed by atoms with van der Waals surface area (Å²) < 4.78 is 1.23. The maximum atomic E-state index is 3.70. The van der Waals surface area contributed by atoms with Crippen LogP contribution in [-0.4, -0.2) is 11.4 Å². The Kier molecular flexibility index (Phi) is 3.62. The third-order valence-corrected chi connectivity index (χ3v) is 3.93. The van der Waals surface area contributed by atoms with Crippen molar-refractivity contribution in [3.8, 4) is 0 Å². The van der Waals surface area contributed by atoms with E-state index < -0.39 is 0 Å². The van der Waals surface area contributed by atoms with Crippen LogP contribution < -0.4 is 0 Å². The standard InChI is InChI=1S/C15H20BrN/c1-15(2,3)13-7-6-12(14(16)10-13)11-17-8-4-5-9-17/h4,6-8,10H,5,9,11H2,1-3H3. The van der Waals surface area contributed by atoms with Gasteiger partial charge in [0.15, 0.2) is 0 Å². The van der Waals surface area contributed by atoms with E-state index in [1.807, 2.05) is 0 Å². The van der Waals surface area contributed by atoms with Crippen LogP contribution in [0.1, 0.15) is 38.3 Å². The fraction of sp³-hybridized carbons (Fsp3) is 0.467. The Bertz CT molecular complexity index is 429. The number of rotatable bonds is 2. The second-order valence-corrected chi connectivity index (χ2v) is 6.55. The Balaban J connectivity index is 2.17. The molecule has 92 valence electrons. The minimum atomic E-state index is 0.217. The third-order valence-electron chi connectivity index (χ3n) is 3.19. The van der Waals surface area contributed by atoms with Crippen molar-refractivity contribution in [1.82, 2.24) is 4.90 Å². The van der Waals surface area contributed by atoms with Gasteiger partial charge >= 0.3 is 0 Å². The van der Waals surface area contributed by atoms with E-state index in [2.05, 4.69) is 72.1 Å². The van der Waals surface area contributed by atoms with E-state index in [9.17, 15) is 0 Å². The zero-order chi connectivity index (χ0) is 12.5. The molecule has 2 heteroatoms. The van der Waals surface area contributed by atoms with Gasteiger partial charge in [-0.3, -0.25) is 0 Å². The molecule has 0 unspecified atom stereocenters. The van der Waals surface area contributed by atoms with E-state index in [-0.39, 0.29) is 5.41 Å². The molecule has 0 atom stereocenters. The summed E-state index contributed by atoms with van der Waals surface area (Å²) in [7, 11) is 0. The van der Waals surface area contributed by atoms with Crippen molar-refractivity contribution in [2.24, 2.45) is 0 Å². The number of benzene rings is 1. The summed E-state index contributed by atoms with van der Waals surface area (Å²) in [5.74, 6) is 0. The topological polar surface area (TPSA) is 3.24 Å². The summed E-state index contributed by atoms with van der Waals surface area (Å²) in [4.78, 5) is 2.36. The number of nitrogens with zero attached hydrogens (tertiary/aromatic N) is 1. The van der Waals surface area contributed by atoms with E-state index in [0.29, 0.717) is 0 Å². The molecule has 1 nitrogen and oxygen atoms in total. The Labute approximate surface area is 113 Å². The molecule has 0 aliphatic carbocycles. The Hall–Kier alpha value is -0.760. The lowest BCUT2D eigenvalue weighted by Gasteiger charge is -2.21. The van der Waals surface area contributed by atoms with Crippen molar-refractivity contribution in [3.05, 3.63) is 46.1 Å². The molecule has 0 saturated heterocycles. The summed E-state index contributed by atoms with van der Waals surface area (Å²) in [5, 5.41) is 0. The van der Waals surface area contributed by atoms with Crippen molar-refractivity contribution in [2.45, 2.75) is 39.2 Å². The van der Waals surface area contributed by atoms with Gasteiger partial charge in [-0.15, -0.1) is 0 Å². The maximum absolute atomic E-state index is 3.70. The molecule has 2 rings (SSSR count). The average molecular weight is 294 g/mol. The van der Waals surface area contributed by atoms with Crippen LogP contribution in [0.25, 0.3) is 0 Å². The third kappa shape index (κ3) is 3.12. The highest BCUT2D eigenvalue weighted by atomic mass is 79.9. The molecule has 0 saturated carbocycles. The zero-order valence-corrected chi connectivity index (χ0v) is 12.4. The molecule has 1 aromatic rings. The van der Waals surface area contributed by atoms with E-state index in [4.69, 9.17) is 0 Å². The first-order valence-corrected chi connectivity index (χ1v) is 6.96. The predicted molar refractivity (Wildman–Crippen MR) is 77.0 cm³/mol. The second-order valence-electron chi connectivity index (χ2n) is 5.70. The molecular weight excluding hydrogens is 274 g/mol. The van der Waals surface area contributed by atoms with Gasteiger partial charge in [-0.2, -0.15) is 0 Å². The molecule has 0 bridgehead atoms. The molecule has 17 heavy (non-hydrogen) atoms. The highest BCUT2D eigenvalue weighted by Crippen LogP contribution is 2.28. The van der Waals surface area contributed by atoms with E-state index in [1.54, 1.807) is 0 Å². The molecule has 0 fully saturated rings. The van der Waals surface area contributed by atoms with Crippen LogP contribution in [0, 0.1) is 0 Å². The summed E-state index contributed by atoms with van der Waals surface area (Å²) in [5.41, 5.74) is 2.96. The minimum absolute atomic E-state index is 0.217. The first-order valence-electron chi connectivity index (χ1n) is 6.16. The van der Waals surface area contributed by atoms with Gasteiger partial charge in [0.2, 0.25) is 0 Å². The van der Waals surface area contributed by atoms with Gasteiger partial charge in [0, 0.05) is 17.6 Å². The normalized spacial score (nSPS) is 15.6. The van der Waals surface area contributed by atoms with Gasteiger partial charge < -0.3 is 4.90 Å². The van der Waals surface area contributed by atoms with Gasteiger partial charge in [-0.1, -0.05) is 54.9 Å². The average Bonchev–Trinajstić information content (AvgIpc) is 2.72. The van der Waals surface area contributed by atoms with Gasteiger partial charge in [0.25, 0.3) is 0 Å². The molecule has 1 heterocycles. The van der Waals surface area contributed by atoms with Crippen LogP contribution in [0.3, 0.4) is 0 Å². The van der Waals surface area contributed by atoms with Gasteiger partial charge in [-0.05, 0) is 35.2 Å². The summed E-state index contributed by atoms with van der Waals surface area (Å²) >= 11 is 3.70. The maximum Gasteiger partial charge on any atom is 0.0435 e. The SMILES string of the molecule is CC(C)(C)c1ccc(CN2C=CCC2)c(Br)c1. The molecule has 1 aliphatic rings. The second kappa shape index (κ2) is 4.85. The molecule has 0 spiro atoms. The summed E-state index contributed by atoms with van der Waals surface area (Å²) in [6, 6.07) is 6.76.